The van der Waals surface area contributed by atoms with Crippen LogP contribution < -0.4 is 10.6 Å². The van der Waals surface area contributed by atoms with E-state index in [1.165, 1.54) is 6.07 Å². The largest absolute Gasteiger partial charge is 0.326 e. The lowest BCUT2D eigenvalue weighted by Crippen LogP contribution is -2.41. The Morgan fingerprint density at radius 2 is 2.00 bits per heavy atom. The van der Waals surface area contributed by atoms with Gasteiger partial charge in [0.2, 0.25) is 11.8 Å². The Morgan fingerprint density at radius 3 is 2.76 bits per heavy atom. The molecule has 0 aliphatic carbocycles. The average molecular weight is 402 g/mol. The van der Waals surface area contributed by atoms with Crippen molar-refractivity contribution >= 4 is 23.3 Å². The van der Waals surface area contributed by atoms with E-state index in [0.717, 1.165) is 37.2 Å². The van der Waals surface area contributed by atoms with E-state index in [9.17, 15) is 18.4 Å². The highest BCUT2D eigenvalue weighted by Gasteiger charge is 2.26. The van der Waals surface area contributed by atoms with Crippen molar-refractivity contribution in [3.05, 3.63) is 53.7 Å². The summed E-state index contributed by atoms with van der Waals surface area (Å²) in [7, 11) is 0. The number of amides is 2. The second-order valence-corrected chi connectivity index (χ2v) is 7.22. The summed E-state index contributed by atoms with van der Waals surface area (Å²) in [6.07, 6.45) is 1.85. The molecule has 154 valence electrons. The molecule has 1 saturated heterocycles. The summed E-state index contributed by atoms with van der Waals surface area (Å²) in [6.45, 7) is 3.73. The molecule has 0 bridgehead atoms. The fourth-order valence-corrected chi connectivity index (χ4v) is 3.37. The first-order valence-corrected chi connectivity index (χ1v) is 9.62. The van der Waals surface area contributed by atoms with Crippen molar-refractivity contribution in [2.24, 2.45) is 5.92 Å². The summed E-state index contributed by atoms with van der Waals surface area (Å²) in [5.41, 5.74) is 1.05. The lowest BCUT2D eigenvalue weighted by atomic mass is 9.97. The number of rotatable bonds is 6. The molecule has 2 N–H and O–H groups in total. The molecule has 29 heavy (non-hydrogen) atoms. The van der Waals surface area contributed by atoms with Crippen molar-refractivity contribution < 1.29 is 18.4 Å². The van der Waals surface area contributed by atoms with Crippen LogP contribution >= 0.6 is 0 Å². The van der Waals surface area contributed by atoms with Gasteiger partial charge in [0.25, 0.3) is 0 Å². The number of halogens is 2. The third-order valence-electron chi connectivity index (χ3n) is 4.87. The zero-order valence-corrected chi connectivity index (χ0v) is 16.3. The van der Waals surface area contributed by atoms with Gasteiger partial charge in [-0.2, -0.15) is 0 Å². The zero-order valence-electron chi connectivity index (χ0n) is 16.3. The summed E-state index contributed by atoms with van der Waals surface area (Å²) in [6, 6.07) is 8.71. The van der Waals surface area contributed by atoms with Crippen LogP contribution in [0.15, 0.2) is 36.4 Å². The fraction of sp³-hybridized carbons (Fsp3) is 0.381. The summed E-state index contributed by atoms with van der Waals surface area (Å²) in [5, 5.41) is 5.42. The van der Waals surface area contributed by atoms with Crippen LogP contribution in [0.5, 0.6) is 0 Å². The minimum Gasteiger partial charge on any atom is -0.326 e. The van der Waals surface area contributed by atoms with Crippen LogP contribution in [-0.2, 0) is 9.59 Å². The van der Waals surface area contributed by atoms with E-state index in [1.807, 2.05) is 19.1 Å². The summed E-state index contributed by atoms with van der Waals surface area (Å²) in [5.74, 6) is -1.94. The Labute approximate surface area is 168 Å². The molecule has 0 saturated carbocycles. The van der Waals surface area contributed by atoms with Gasteiger partial charge in [-0.05, 0) is 50.6 Å². The molecule has 0 spiro atoms. The van der Waals surface area contributed by atoms with Crippen LogP contribution in [0.1, 0.15) is 25.0 Å². The van der Waals surface area contributed by atoms with Gasteiger partial charge >= 0.3 is 0 Å². The number of aromatic nitrogens is 1. The average Bonchev–Trinajstić information content (AvgIpc) is 2.69. The molecule has 1 aliphatic heterocycles. The molecule has 2 amide bonds. The fourth-order valence-electron chi connectivity index (χ4n) is 3.37. The SMILES string of the molecule is Cc1cccc(NC(=O)C2CCCN(CCC(=O)Nc3ccc(F)c(F)c3)C2)n1. The van der Waals surface area contributed by atoms with E-state index in [4.69, 9.17) is 0 Å². The number of benzene rings is 1. The molecule has 1 unspecified atom stereocenters. The molecule has 0 radical (unpaired) electrons. The normalized spacial score (nSPS) is 17.0. The molecule has 6 nitrogen and oxygen atoms in total. The van der Waals surface area contributed by atoms with Crippen molar-refractivity contribution in [2.45, 2.75) is 26.2 Å². The van der Waals surface area contributed by atoms with Crippen molar-refractivity contribution in [3.8, 4) is 0 Å². The van der Waals surface area contributed by atoms with Crippen molar-refractivity contribution in [3.63, 3.8) is 0 Å². The van der Waals surface area contributed by atoms with E-state index >= 15 is 0 Å². The zero-order chi connectivity index (χ0) is 20.8. The van der Waals surface area contributed by atoms with Crippen molar-refractivity contribution in [1.29, 1.82) is 0 Å². The number of pyridine rings is 1. The molecular formula is C21H24F2N4O2. The molecule has 3 rings (SSSR count). The lowest BCUT2D eigenvalue weighted by molar-refractivity contribution is -0.121. The van der Waals surface area contributed by atoms with Crippen LogP contribution in [0.4, 0.5) is 20.3 Å². The Bertz CT molecular complexity index is 891. The third kappa shape index (κ3) is 6.05. The maximum absolute atomic E-state index is 13.2. The molecule has 2 aromatic rings. The Hall–Kier alpha value is -2.87. The van der Waals surface area contributed by atoms with Gasteiger partial charge in [-0.15, -0.1) is 0 Å². The minimum absolute atomic E-state index is 0.0703. The number of hydrogen-bond donors (Lipinski definition) is 2. The molecule has 1 aromatic heterocycles. The van der Waals surface area contributed by atoms with E-state index in [1.54, 1.807) is 6.07 Å². The molecule has 2 heterocycles. The van der Waals surface area contributed by atoms with Crippen molar-refractivity contribution in [2.75, 3.05) is 30.3 Å². The molecule has 1 aromatic carbocycles. The second kappa shape index (κ2) is 9.56. The molecule has 1 atom stereocenters. The first-order chi connectivity index (χ1) is 13.9. The summed E-state index contributed by atoms with van der Waals surface area (Å²) < 4.78 is 26.2. The van der Waals surface area contributed by atoms with E-state index in [-0.39, 0.29) is 29.8 Å². The highest BCUT2D eigenvalue weighted by molar-refractivity contribution is 5.92. The topological polar surface area (TPSA) is 74.3 Å². The quantitative estimate of drug-likeness (QED) is 0.777. The molecule has 1 aliphatic rings. The van der Waals surface area contributed by atoms with Gasteiger partial charge in [-0.1, -0.05) is 6.07 Å². The van der Waals surface area contributed by atoms with E-state index in [0.29, 0.717) is 18.9 Å². The number of hydrogen-bond acceptors (Lipinski definition) is 4. The van der Waals surface area contributed by atoms with Crippen molar-refractivity contribution in [1.82, 2.24) is 9.88 Å². The number of carbonyl (C=O) groups is 2. The number of piperidine rings is 1. The lowest BCUT2D eigenvalue weighted by Gasteiger charge is -2.31. The maximum Gasteiger partial charge on any atom is 0.229 e. The predicted octanol–water partition coefficient (Wildman–Crippen LogP) is 3.35. The Kier molecular flexibility index (Phi) is 6.87. The highest BCUT2D eigenvalue weighted by atomic mass is 19.2. The maximum atomic E-state index is 13.2. The second-order valence-electron chi connectivity index (χ2n) is 7.22. The standard InChI is InChI=1S/C21H24F2N4O2/c1-14-4-2-6-19(24-14)26-21(29)15-5-3-10-27(13-15)11-9-20(28)25-16-7-8-17(22)18(23)12-16/h2,4,6-8,12,15H,3,5,9-11,13H2,1H3,(H,25,28)(H,24,26,29). The summed E-state index contributed by atoms with van der Waals surface area (Å²) >= 11 is 0. The molecular weight excluding hydrogens is 378 g/mol. The van der Waals surface area contributed by atoms with Gasteiger partial charge in [0.15, 0.2) is 11.6 Å². The molecule has 1 fully saturated rings. The van der Waals surface area contributed by atoms with Crippen LogP contribution in [0.2, 0.25) is 0 Å². The summed E-state index contributed by atoms with van der Waals surface area (Å²) in [4.78, 5) is 31.0. The van der Waals surface area contributed by atoms with Gasteiger partial charge < -0.3 is 15.5 Å². The minimum atomic E-state index is -1.00. The van der Waals surface area contributed by atoms with Gasteiger partial charge in [0.05, 0.1) is 5.92 Å². The number of nitrogens with one attached hydrogen (secondary N) is 2. The third-order valence-corrected chi connectivity index (χ3v) is 4.87. The predicted molar refractivity (Wildman–Crippen MR) is 106 cm³/mol. The number of nitrogens with zero attached hydrogens (tertiary/aromatic N) is 2. The Morgan fingerprint density at radius 1 is 1.17 bits per heavy atom. The Balaban J connectivity index is 1.47. The van der Waals surface area contributed by atoms with Gasteiger partial charge in [-0.3, -0.25) is 9.59 Å². The number of carbonyl (C=O) groups excluding carboxylic acids is 2. The number of aryl methyl sites for hydroxylation is 1. The van der Waals surface area contributed by atoms with Crippen LogP contribution in [0.25, 0.3) is 0 Å². The first-order valence-electron chi connectivity index (χ1n) is 9.62. The van der Waals surface area contributed by atoms with Crippen LogP contribution in [-0.4, -0.2) is 41.3 Å². The van der Waals surface area contributed by atoms with Crippen LogP contribution in [0.3, 0.4) is 0 Å². The monoisotopic (exact) mass is 402 g/mol. The van der Waals surface area contributed by atoms with Gasteiger partial charge in [-0.25, -0.2) is 13.8 Å². The highest BCUT2D eigenvalue weighted by Crippen LogP contribution is 2.19. The van der Waals surface area contributed by atoms with E-state index in [2.05, 4.69) is 20.5 Å². The van der Waals surface area contributed by atoms with Crippen LogP contribution in [0, 0.1) is 24.5 Å². The van der Waals surface area contributed by atoms with E-state index < -0.39 is 11.6 Å². The first kappa shape index (κ1) is 20.9. The van der Waals surface area contributed by atoms with Gasteiger partial charge in [0, 0.05) is 37.0 Å². The molecule has 8 heteroatoms. The van der Waals surface area contributed by atoms with Gasteiger partial charge in [0.1, 0.15) is 5.82 Å². The number of likely N-dealkylation sites (tertiary alicyclic amines) is 1. The number of anilines is 2. The smallest absolute Gasteiger partial charge is 0.229 e.